The Hall–Kier alpha value is -3.02. The molecule has 34 heavy (non-hydrogen) atoms. The Balaban J connectivity index is 1.34. The lowest BCUT2D eigenvalue weighted by Crippen LogP contribution is -2.35. The monoisotopic (exact) mass is 460 g/mol. The molecule has 0 spiro atoms. The normalized spacial score (nSPS) is 33.2. The Labute approximate surface area is 200 Å². The molecule has 0 radical (unpaired) electrons. The molecular formula is C28H32N2O4. The van der Waals surface area contributed by atoms with Crippen LogP contribution < -0.4 is 0 Å². The number of hydrogen-bond donors (Lipinski definition) is 0. The second-order valence-electron chi connectivity index (χ2n) is 11.1. The summed E-state index contributed by atoms with van der Waals surface area (Å²) in [7, 11) is 0. The molecule has 5 rings (SSSR count). The number of likely N-dealkylation sites (tertiary alicyclic amines) is 2. The van der Waals surface area contributed by atoms with E-state index in [9.17, 15) is 19.2 Å². The fourth-order valence-electron chi connectivity index (χ4n) is 6.19. The maximum absolute atomic E-state index is 13.2. The van der Waals surface area contributed by atoms with E-state index in [0.717, 1.165) is 22.3 Å². The molecule has 2 fully saturated rings. The molecule has 0 bridgehead atoms. The highest BCUT2D eigenvalue weighted by Gasteiger charge is 2.57. The number of carbonyl (C=O) groups is 4. The van der Waals surface area contributed by atoms with Crippen LogP contribution in [0.4, 0.5) is 0 Å². The standard InChI is InChI=1S/C28H32N2O4/c1-17-8-10-27(3)21(12-17)23(31)29(25(27)33)15-19-6-5-7-20(14-19)16-30-24(32)22-13-18(2)9-11-28(22,4)26(30)34/h5-9,14,21-22H,10-13,15-16H2,1-4H3. The third kappa shape index (κ3) is 3.29. The van der Waals surface area contributed by atoms with E-state index in [2.05, 4.69) is 12.2 Å². The number of rotatable bonds is 4. The zero-order chi connectivity index (χ0) is 24.4. The van der Waals surface area contributed by atoms with Gasteiger partial charge in [0.25, 0.3) is 0 Å². The van der Waals surface area contributed by atoms with Crippen LogP contribution in [0.5, 0.6) is 0 Å². The van der Waals surface area contributed by atoms with Gasteiger partial charge < -0.3 is 0 Å². The van der Waals surface area contributed by atoms with Crippen molar-refractivity contribution in [2.45, 2.75) is 66.5 Å². The minimum atomic E-state index is -0.666. The van der Waals surface area contributed by atoms with Crippen LogP contribution in [0.15, 0.2) is 47.6 Å². The van der Waals surface area contributed by atoms with E-state index in [-0.39, 0.29) is 48.6 Å². The van der Waals surface area contributed by atoms with Crippen LogP contribution in [0.3, 0.4) is 0 Å². The number of hydrogen-bond acceptors (Lipinski definition) is 4. The number of fused-ring (bicyclic) bond motifs is 2. The highest BCUT2D eigenvalue weighted by molar-refractivity contribution is 6.08. The third-order valence-corrected chi connectivity index (χ3v) is 8.61. The van der Waals surface area contributed by atoms with E-state index in [1.54, 1.807) is 0 Å². The predicted octanol–water partition coefficient (Wildman–Crippen LogP) is 4.15. The second-order valence-corrected chi connectivity index (χ2v) is 11.1. The molecule has 0 N–H and O–H groups in total. The van der Waals surface area contributed by atoms with Crippen LogP contribution in [-0.4, -0.2) is 33.4 Å². The highest BCUT2D eigenvalue weighted by Crippen LogP contribution is 2.49. The molecule has 2 aliphatic heterocycles. The van der Waals surface area contributed by atoms with Crippen LogP contribution in [0.25, 0.3) is 0 Å². The van der Waals surface area contributed by atoms with Gasteiger partial charge in [-0.3, -0.25) is 29.0 Å². The summed E-state index contributed by atoms with van der Waals surface area (Å²) >= 11 is 0. The summed E-state index contributed by atoms with van der Waals surface area (Å²) in [6.07, 6.45) is 6.60. The molecule has 0 saturated carbocycles. The first-order valence-corrected chi connectivity index (χ1v) is 12.2. The summed E-state index contributed by atoms with van der Waals surface area (Å²) in [5, 5.41) is 0. The van der Waals surface area contributed by atoms with Gasteiger partial charge in [-0.1, -0.05) is 47.6 Å². The molecule has 6 heteroatoms. The topological polar surface area (TPSA) is 74.8 Å². The number of allylic oxidation sites excluding steroid dienone is 4. The van der Waals surface area contributed by atoms with Crippen LogP contribution in [0.1, 0.15) is 64.5 Å². The number of amides is 4. The molecule has 4 unspecified atom stereocenters. The largest absolute Gasteiger partial charge is 0.277 e. The van der Waals surface area contributed by atoms with Crippen molar-refractivity contribution >= 4 is 23.6 Å². The Morgan fingerprint density at radius 1 is 0.765 bits per heavy atom. The Morgan fingerprint density at radius 2 is 1.18 bits per heavy atom. The van der Waals surface area contributed by atoms with Crippen LogP contribution >= 0.6 is 0 Å². The SMILES string of the molecule is CC1=CCC2(C)C(=O)N(Cc3cccc(CN4C(=O)C5CC(C)=CCC5(C)C4=O)c3)C(=O)C2C1. The van der Waals surface area contributed by atoms with Crippen molar-refractivity contribution in [3.05, 3.63) is 58.7 Å². The van der Waals surface area contributed by atoms with Gasteiger partial charge in [-0.2, -0.15) is 0 Å². The highest BCUT2D eigenvalue weighted by atomic mass is 16.2. The maximum atomic E-state index is 13.2. The summed E-state index contributed by atoms with van der Waals surface area (Å²) in [5.41, 5.74) is 2.64. The van der Waals surface area contributed by atoms with Crippen molar-refractivity contribution in [2.24, 2.45) is 22.7 Å². The number of carbonyl (C=O) groups excluding carboxylic acids is 4. The van der Waals surface area contributed by atoms with Crippen LogP contribution in [0.2, 0.25) is 0 Å². The molecule has 2 aliphatic carbocycles. The van der Waals surface area contributed by atoms with E-state index in [1.807, 2.05) is 52.0 Å². The summed E-state index contributed by atoms with van der Waals surface area (Å²) < 4.78 is 0. The zero-order valence-electron chi connectivity index (χ0n) is 20.4. The zero-order valence-corrected chi connectivity index (χ0v) is 20.4. The van der Waals surface area contributed by atoms with E-state index in [4.69, 9.17) is 0 Å². The molecule has 4 aliphatic rings. The average molecular weight is 461 g/mol. The van der Waals surface area contributed by atoms with Gasteiger partial charge in [-0.15, -0.1) is 0 Å². The first-order valence-electron chi connectivity index (χ1n) is 12.2. The quantitative estimate of drug-likeness (QED) is 0.500. The van der Waals surface area contributed by atoms with Crippen molar-refractivity contribution in [3.63, 3.8) is 0 Å². The molecule has 1 aromatic rings. The Morgan fingerprint density at radius 3 is 1.59 bits per heavy atom. The van der Waals surface area contributed by atoms with Gasteiger partial charge in [-0.05, 0) is 64.5 Å². The lowest BCUT2D eigenvalue weighted by molar-refractivity contribution is -0.143. The molecule has 6 nitrogen and oxygen atoms in total. The number of benzene rings is 1. The van der Waals surface area contributed by atoms with Gasteiger partial charge in [-0.25, -0.2) is 0 Å². The second kappa shape index (κ2) is 7.76. The minimum Gasteiger partial charge on any atom is -0.277 e. The van der Waals surface area contributed by atoms with Gasteiger partial charge >= 0.3 is 0 Å². The van der Waals surface area contributed by atoms with Crippen molar-refractivity contribution < 1.29 is 19.2 Å². The van der Waals surface area contributed by atoms with Gasteiger partial charge in [0.15, 0.2) is 0 Å². The van der Waals surface area contributed by atoms with Crippen molar-refractivity contribution in [1.29, 1.82) is 0 Å². The maximum Gasteiger partial charge on any atom is 0.236 e. The van der Waals surface area contributed by atoms with Gasteiger partial charge in [0.2, 0.25) is 23.6 Å². The van der Waals surface area contributed by atoms with Gasteiger partial charge in [0.05, 0.1) is 35.8 Å². The Bertz CT molecular complexity index is 1090. The first-order chi connectivity index (χ1) is 16.0. The van der Waals surface area contributed by atoms with Crippen LogP contribution in [0, 0.1) is 22.7 Å². The smallest absolute Gasteiger partial charge is 0.236 e. The lowest BCUT2D eigenvalue weighted by Gasteiger charge is -2.30. The number of nitrogens with zero attached hydrogens (tertiary/aromatic N) is 2. The van der Waals surface area contributed by atoms with E-state index >= 15 is 0 Å². The molecule has 1 aromatic carbocycles. The molecular weight excluding hydrogens is 428 g/mol. The van der Waals surface area contributed by atoms with E-state index < -0.39 is 10.8 Å². The molecule has 178 valence electrons. The van der Waals surface area contributed by atoms with Gasteiger partial charge in [0, 0.05) is 0 Å². The Kier molecular flexibility index (Phi) is 5.19. The fourth-order valence-corrected chi connectivity index (χ4v) is 6.19. The van der Waals surface area contributed by atoms with E-state index in [1.165, 1.54) is 9.80 Å². The average Bonchev–Trinajstić information content (AvgIpc) is 3.10. The summed E-state index contributed by atoms with van der Waals surface area (Å²) in [4.78, 5) is 55.5. The van der Waals surface area contributed by atoms with Gasteiger partial charge in [0.1, 0.15) is 0 Å². The molecule has 4 atom stereocenters. The number of imide groups is 2. The van der Waals surface area contributed by atoms with Crippen molar-refractivity contribution in [1.82, 2.24) is 9.80 Å². The molecule has 2 saturated heterocycles. The first kappa shape index (κ1) is 22.8. The summed E-state index contributed by atoms with van der Waals surface area (Å²) in [6, 6.07) is 7.55. The lowest BCUT2D eigenvalue weighted by atomic mass is 9.70. The van der Waals surface area contributed by atoms with Crippen LogP contribution in [-0.2, 0) is 32.3 Å². The van der Waals surface area contributed by atoms with E-state index in [0.29, 0.717) is 25.7 Å². The summed E-state index contributed by atoms with van der Waals surface area (Å²) in [5.74, 6) is -1.02. The fraction of sp³-hybridized carbons (Fsp3) is 0.500. The molecule has 4 amide bonds. The van der Waals surface area contributed by atoms with Crippen molar-refractivity contribution in [3.8, 4) is 0 Å². The third-order valence-electron chi connectivity index (χ3n) is 8.61. The summed E-state index contributed by atoms with van der Waals surface area (Å²) in [6.45, 7) is 8.25. The predicted molar refractivity (Wildman–Crippen MR) is 127 cm³/mol. The minimum absolute atomic E-state index is 0.102. The molecule has 0 aromatic heterocycles. The molecule has 2 heterocycles. The van der Waals surface area contributed by atoms with Crippen molar-refractivity contribution in [2.75, 3.05) is 0 Å².